The molecule has 1 aromatic carbocycles. The summed E-state index contributed by atoms with van der Waals surface area (Å²) in [5.74, 6) is 0.0913. The van der Waals surface area contributed by atoms with E-state index in [-0.39, 0.29) is 18.4 Å². The Morgan fingerprint density at radius 3 is 2.79 bits per heavy atom. The van der Waals surface area contributed by atoms with E-state index >= 15 is 0 Å². The van der Waals surface area contributed by atoms with Crippen LogP contribution in [0.4, 0.5) is 0 Å². The first-order valence-corrected chi connectivity index (χ1v) is 8.35. The molecule has 0 aromatic heterocycles. The van der Waals surface area contributed by atoms with Gasteiger partial charge in [-0.1, -0.05) is 29.3 Å². The molecule has 1 aromatic rings. The average Bonchev–Trinajstić information content (AvgIpc) is 2.39. The van der Waals surface area contributed by atoms with Crippen molar-refractivity contribution in [2.24, 2.45) is 0 Å². The molecule has 1 fully saturated rings. The summed E-state index contributed by atoms with van der Waals surface area (Å²) in [5.41, 5.74) is 0.766. The summed E-state index contributed by atoms with van der Waals surface area (Å²) in [6.07, 6.45) is -0.347. The fourth-order valence-electron chi connectivity index (χ4n) is 2.01. The Hall–Kier alpha value is -0.330. The third kappa shape index (κ3) is 3.41. The third-order valence-electron chi connectivity index (χ3n) is 3.10. The zero-order valence-electron chi connectivity index (χ0n) is 10.5. The van der Waals surface area contributed by atoms with E-state index < -0.39 is 10.0 Å². The quantitative estimate of drug-likeness (QED) is 0.859. The number of benzene rings is 1. The van der Waals surface area contributed by atoms with Gasteiger partial charge in [0.1, 0.15) is 0 Å². The summed E-state index contributed by atoms with van der Waals surface area (Å²) in [4.78, 5) is 0. The minimum atomic E-state index is -3.20. The lowest BCUT2D eigenvalue weighted by Crippen LogP contribution is -2.42. The van der Waals surface area contributed by atoms with E-state index in [4.69, 9.17) is 27.9 Å². The smallest absolute Gasteiger partial charge is 0.214 e. The topological polar surface area (TPSA) is 46.6 Å². The highest BCUT2D eigenvalue weighted by molar-refractivity contribution is 7.89. The fourth-order valence-corrected chi connectivity index (χ4v) is 3.62. The number of rotatable bonds is 3. The van der Waals surface area contributed by atoms with Crippen molar-refractivity contribution in [2.75, 3.05) is 25.4 Å². The molecule has 0 bridgehead atoms. The van der Waals surface area contributed by atoms with Crippen LogP contribution < -0.4 is 0 Å². The summed E-state index contributed by atoms with van der Waals surface area (Å²) in [6, 6.07) is 5.13. The molecule has 0 radical (unpaired) electrons. The van der Waals surface area contributed by atoms with Crippen LogP contribution in [0, 0.1) is 0 Å². The molecule has 0 amide bonds. The second-order valence-corrected chi connectivity index (χ2v) is 7.39. The standard InChI is InChI=1S/C12H15Cl2NO3S/c1-2-19(16,17)15-5-6-18-12(8-15)10-4-3-9(13)7-11(10)14/h3-4,7,12H,2,5-6,8H2,1H3. The minimum absolute atomic E-state index is 0.0913. The normalized spacial score (nSPS) is 21.5. The van der Waals surface area contributed by atoms with Crippen LogP contribution >= 0.6 is 23.2 Å². The maximum absolute atomic E-state index is 11.9. The van der Waals surface area contributed by atoms with Gasteiger partial charge in [-0.25, -0.2) is 8.42 Å². The van der Waals surface area contributed by atoms with Crippen LogP contribution in [0.5, 0.6) is 0 Å². The van der Waals surface area contributed by atoms with Gasteiger partial charge in [-0.05, 0) is 19.1 Å². The minimum Gasteiger partial charge on any atom is -0.371 e. The van der Waals surface area contributed by atoms with Gasteiger partial charge in [0.25, 0.3) is 0 Å². The number of nitrogens with zero attached hydrogens (tertiary/aromatic N) is 1. The molecule has 4 nitrogen and oxygen atoms in total. The summed E-state index contributed by atoms with van der Waals surface area (Å²) in [5, 5.41) is 1.04. The molecular weight excluding hydrogens is 309 g/mol. The van der Waals surface area contributed by atoms with Gasteiger partial charge in [-0.3, -0.25) is 0 Å². The SMILES string of the molecule is CCS(=O)(=O)N1CCOC(c2ccc(Cl)cc2Cl)C1. The van der Waals surface area contributed by atoms with Crippen molar-refractivity contribution in [1.29, 1.82) is 0 Å². The van der Waals surface area contributed by atoms with Crippen LogP contribution in [0.15, 0.2) is 18.2 Å². The number of ether oxygens (including phenoxy) is 1. The Labute approximate surface area is 123 Å². The zero-order valence-corrected chi connectivity index (χ0v) is 12.8. The van der Waals surface area contributed by atoms with Crippen LogP contribution in [0.25, 0.3) is 0 Å². The first-order chi connectivity index (χ1) is 8.94. The number of morpholine rings is 1. The molecule has 1 heterocycles. The number of halogens is 2. The Morgan fingerprint density at radius 2 is 2.16 bits per heavy atom. The van der Waals surface area contributed by atoms with Gasteiger partial charge in [-0.2, -0.15) is 4.31 Å². The van der Waals surface area contributed by atoms with Gasteiger partial charge < -0.3 is 4.74 Å². The molecule has 0 N–H and O–H groups in total. The molecule has 1 aliphatic rings. The molecule has 1 atom stereocenters. The van der Waals surface area contributed by atoms with E-state index in [2.05, 4.69) is 0 Å². The Balaban J connectivity index is 2.22. The van der Waals surface area contributed by atoms with Crippen molar-refractivity contribution in [2.45, 2.75) is 13.0 Å². The number of hydrogen-bond acceptors (Lipinski definition) is 3. The number of sulfonamides is 1. The molecule has 106 valence electrons. The van der Waals surface area contributed by atoms with Crippen molar-refractivity contribution in [3.63, 3.8) is 0 Å². The second kappa shape index (κ2) is 5.97. The summed E-state index contributed by atoms with van der Waals surface area (Å²) in [6.45, 7) is 2.67. The van der Waals surface area contributed by atoms with Crippen molar-refractivity contribution in [1.82, 2.24) is 4.31 Å². The van der Waals surface area contributed by atoms with E-state index in [1.165, 1.54) is 4.31 Å². The summed E-state index contributed by atoms with van der Waals surface area (Å²) < 4.78 is 30.8. The molecule has 1 aliphatic heterocycles. The highest BCUT2D eigenvalue weighted by Gasteiger charge is 2.30. The Bertz CT molecular complexity index is 562. The van der Waals surface area contributed by atoms with Gasteiger partial charge in [0.05, 0.1) is 18.5 Å². The zero-order chi connectivity index (χ0) is 14.0. The molecule has 0 aliphatic carbocycles. The summed E-state index contributed by atoms with van der Waals surface area (Å²) in [7, 11) is -3.20. The molecule has 1 saturated heterocycles. The van der Waals surface area contributed by atoms with Crippen LogP contribution in [0.3, 0.4) is 0 Å². The average molecular weight is 324 g/mol. The predicted molar refractivity (Wildman–Crippen MR) is 76.2 cm³/mol. The maximum Gasteiger partial charge on any atom is 0.214 e. The lowest BCUT2D eigenvalue weighted by atomic mass is 10.1. The van der Waals surface area contributed by atoms with E-state index in [0.29, 0.717) is 23.2 Å². The molecule has 2 rings (SSSR count). The van der Waals surface area contributed by atoms with Gasteiger partial charge in [0.15, 0.2) is 0 Å². The first-order valence-electron chi connectivity index (χ1n) is 5.98. The monoisotopic (exact) mass is 323 g/mol. The van der Waals surface area contributed by atoms with Gasteiger partial charge in [0.2, 0.25) is 10.0 Å². The van der Waals surface area contributed by atoms with Crippen LogP contribution in [-0.2, 0) is 14.8 Å². The molecule has 0 saturated carbocycles. The molecule has 1 unspecified atom stereocenters. The van der Waals surface area contributed by atoms with Crippen LogP contribution in [-0.4, -0.2) is 38.2 Å². The Morgan fingerprint density at radius 1 is 1.42 bits per heavy atom. The maximum atomic E-state index is 11.9. The Kier molecular flexibility index (Phi) is 4.74. The number of hydrogen-bond donors (Lipinski definition) is 0. The van der Waals surface area contributed by atoms with Crippen molar-refractivity contribution in [3.8, 4) is 0 Å². The van der Waals surface area contributed by atoms with E-state index in [0.717, 1.165) is 5.56 Å². The lowest BCUT2D eigenvalue weighted by Gasteiger charge is -2.32. The van der Waals surface area contributed by atoms with Crippen molar-refractivity contribution < 1.29 is 13.2 Å². The molecule has 7 heteroatoms. The van der Waals surface area contributed by atoms with Crippen LogP contribution in [0.2, 0.25) is 10.0 Å². The lowest BCUT2D eigenvalue weighted by molar-refractivity contribution is -0.00244. The van der Waals surface area contributed by atoms with Gasteiger partial charge in [-0.15, -0.1) is 0 Å². The van der Waals surface area contributed by atoms with E-state index in [1.54, 1.807) is 25.1 Å². The first kappa shape index (κ1) is 15.1. The highest BCUT2D eigenvalue weighted by atomic mass is 35.5. The van der Waals surface area contributed by atoms with Gasteiger partial charge >= 0.3 is 0 Å². The third-order valence-corrected chi connectivity index (χ3v) is 5.51. The largest absolute Gasteiger partial charge is 0.371 e. The van der Waals surface area contributed by atoms with E-state index in [1.807, 2.05) is 0 Å². The molecule has 0 spiro atoms. The second-order valence-electron chi connectivity index (χ2n) is 4.28. The van der Waals surface area contributed by atoms with Crippen molar-refractivity contribution >= 4 is 33.2 Å². The summed E-state index contributed by atoms with van der Waals surface area (Å²) >= 11 is 12.0. The van der Waals surface area contributed by atoms with E-state index in [9.17, 15) is 8.42 Å². The van der Waals surface area contributed by atoms with Crippen LogP contribution in [0.1, 0.15) is 18.6 Å². The highest BCUT2D eigenvalue weighted by Crippen LogP contribution is 2.31. The molecule has 19 heavy (non-hydrogen) atoms. The molecular formula is C12H15Cl2NO3S. The van der Waals surface area contributed by atoms with Gasteiger partial charge in [0, 0.05) is 28.7 Å². The fraction of sp³-hybridized carbons (Fsp3) is 0.500. The van der Waals surface area contributed by atoms with Crippen molar-refractivity contribution in [3.05, 3.63) is 33.8 Å². The predicted octanol–water partition coefficient (Wildman–Crippen LogP) is 2.72.